The van der Waals surface area contributed by atoms with Crippen LogP contribution < -0.4 is 4.74 Å². The predicted octanol–water partition coefficient (Wildman–Crippen LogP) is 2.98. The van der Waals surface area contributed by atoms with E-state index in [2.05, 4.69) is 4.98 Å². The van der Waals surface area contributed by atoms with E-state index in [4.69, 9.17) is 4.74 Å². The smallest absolute Gasteiger partial charge is 0.233 e. The zero-order valence-electron chi connectivity index (χ0n) is 14.5. The van der Waals surface area contributed by atoms with Crippen molar-refractivity contribution in [1.82, 2.24) is 9.88 Å². The van der Waals surface area contributed by atoms with E-state index in [0.29, 0.717) is 25.8 Å². The van der Waals surface area contributed by atoms with E-state index in [-0.39, 0.29) is 23.7 Å². The molecule has 2 heterocycles. The van der Waals surface area contributed by atoms with E-state index in [9.17, 15) is 9.59 Å². The Labute approximate surface area is 146 Å². The summed E-state index contributed by atoms with van der Waals surface area (Å²) in [5.41, 5.74) is 3.26. The highest BCUT2D eigenvalue weighted by atomic mass is 16.5. The highest BCUT2D eigenvalue weighted by Crippen LogP contribution is 2.35. The molecule has 2 amide bonds. The number of aromatic amines is 1. The molecule has 130 valence electrons. The number of carbonyl (C=O) groups is 2. The third-order valence-electron chi connectivity index (χ3n) is 5.51. The van der Waals surface area contributed by atoms with Gasteiger partial charge in [-0.05, 0) is 49.9 Å². The number of likely N-dealkylation sites (tertiary alicyclic amines) is 1. The number of methoxy groups -OCH3 is 1. The van der Waals surface area contributed by atoms with Crippen LogP contribution >= 0.6 is 0 Å². The summed E-state index contributed by atoms with van der Waals surface area (Å²) in [5, 5.41) is 1.09. The van der Waals surface area contributed by atoms with Gasteiger partial charge in [0.1, 0.15) is 5.75 Å². The standard InChI is InChI=1S/C20H22N2O3/c1-12-14(17-11-13(25-2)7-8-18(17)21-12)9-10-22-19(23)15-5-3-4-6-16(15)20(22)24/h3-4,7-8,11,15-16,21H,5-6,9-10H2,1-2H3/t15-,16-/m0/s1. The molecule has 25 heavy (non-hydrogen) atoms. The Morgan fingerprint density at radius 1 is 1.16 bits per heavy atom. The molecule has 5 nitrogen and oxygen atoms in total. The van der Waals surface area contributed by atoms with Gasteiger partial charge >= 0.3 is 0 Å². The summed E-state index contributed by atoms with van der Waals surface area (Å²) in [6.07, 6.45) is 6.07. The summed E-state index contributed by atoms with van der Waals surface area (Å²) in [6, 6.07) is 5.93. The lowest BCUT2D eigenvalue weighted by Crippen LogP contribution is -2.33. The number of benzene rings is 1. The summed E-state index contributed by atoms with van der Waals surface area (Å²) < 4.78 is 5.32. The van der Waals surface area contributed by atoms with E-state index in [1.807, 2.05) is 37.3 Å². The molecule has 1 aliphatic heterocycles. The quantitative estimate of drug-likeness (QED) is 0.689. The SMILES string of the molecule is COc1ccc2[nH]c(C)c(CCN3C(=O)[C@H]4CC=CC[C@@H]4C3=O)c2c1. The maximum absolute atomic E-state index is 12.6. The Morgan fingerprint density at radius 2 is 1.84 bits per heavy atom. The molecule has 0 spiro atoms. The van der Waals surface area contributed by atoms with Gasteiger partial charge in [0.05, 0.1) is 18.9 Å². The number of carbonyl (C=O) groups excluding carboxylic acids is 2. The minimum absolute atomic E-state index is 0.00516. The van der Waals surface area contributed by atoms with E-state index >= 15 is 0 Å². The number of H-pyrrole nitrogens is 1. The number of hydrogen-bond acceptors (Lipinski definition) is 3. The minimum atomic E-state index is -0.151. The highest BCUT2D eigenvalue weighted by molar-refractivity contribution is 6.05. The molecule has 4 rings (SSSR count). The Morgan fingerprint density at radius 3 is 2.48 bits per heavy atom. The van der Waals surface area contributed by atoms with Crippen LogP contribution in [0.25, 0.3) is 10.9 Å². The summed E-state index contributed by atoms with van der Waals surface area (Å²) in [5.74, 6) is 0.491. The lowest BCUT2D eigenvalue weighted by atomic mass is 9.85. The van der Waals surface area contributed by atoms with Crippen LogP contribution in [0.1, 0.15) is 24.1 Å². The number of aryl methyl sites for hydroxylation is 1. The largest absolute Gasteiger partial charge is 0.497 e. The van der Waals surface area contributed by atoms with Gasteiger partial charge in [-0.2, -0.15) is 0 Å². The Balaban J connectivity index is 1.57. The molecular formula is C20H22N2O3. The zero-order valence-corrected chi connectivity index (χ0v) is 14.5. The zero-order chi connectivity index (χ0) is 17.6. The monoisotopic (exact) mass is 338 g/mol. The van der Waals surface area contributed by atoms with Crippen molar-refractivity contribution in [2.45, 2.75) is 26.2 Å². The number of imide groups is 1. The van der Waals surface area contributed by atoms with Crippen molar-refractivity contribution in [2.75, 3.05) is 13.7 Å². The van der Waals surface area contributed by atoms with Crippen molar-refractivity contribution in [1.29, 1.82) is 0 Å². The number of hydrogen-bond donors (Lipinski definition) is 1. The molecular weight excluding hydrogens is 316 g/mol. The number of ether oxygens (including phenoxy) is 1. The fraction of sp³-hybridized carbons (Fsp3) is 0.400. The second-order valence-corrected chi connectivity index (χ2v) is 6.87. The van der Waals surface area contributed by atoms with Crippen LogP contribution in [0.3, 0.4) is 0 Å². The van der Waals surface area contributed by atoms with Crippen LogP contribution in [-0.4, -0.2) is 35.4 Å². The Kier molecular flexibility index (Phi) is 3.86. The molecule has 2 atom stereocenters. The van der Waals surface area contributed by atoms with E-state index < -0.39 is 0 Å². The first-order valence-electron chi connectivity index (χ1n) is 8.75. The molecule has 1 aliphatic carbocycles. The number of fused-ring (bicyclic) bond motifs is 2. The molecule has 0 bridgehead atoms. The Bertz CT molecular complexity index is 854. The van der Waals surface area contributed by atoms with Crippen LogP contribution in [0, 0.1) is 18.8 Å². The van der Waals surface area contributed by atoms with Gasteiger partial charge in [0.25, 0.3) is 0 Å². The van der Waals surface area contributed by atoms with Gasteiger partial charge < -0.3 is 9.72 Å². The number of rotatable bonds is 4. The van der Waals surface area contributed by atoms with Crippen LogP contribution in [0.5, 0.6) is 5.75 Å². The highest BCUT2D eigenvalue weighted by Gasteiger charge is 2.46. The van der Waals surface area contributed by atoms with Gasteiger partial charge in [-0.3, -0.25) is 14.5 Å². The lowest BCUT2D eigenvalue weighted by Gasteiger charge is -2.14. The topological polar surface area (TPSA) is 62.4 Å². The first kappa shape index (κ1) is 15.9. The minimum Gasteiger partial charge on any atom is -0.497 e. The number of allylic oxidation sites excluding steroid dienone is 2. The molecule has 2 aromatic rings. The second kappa shape index (κ2) is 6.06. The summed E-state index contributed by atoms with van der Waals surface area (Å²) in [4.78, 5) is 30.0. The normalized spacial score (nSPS) is 22.7. The van der Waals surface area contributed by atoms with Gasteiger partial charge in [0.15, 0.2) is 0 Å². The van der Waals surface area contributed by atoms with E-state index in [1.165, 1.54) is 4.90 Å². The van der Waals surface area contributed by atoms with Crippen molar-refractivity contribution in [3.8, 4) is 5.75 Å². The van der Waals surface area contributed by atoms with Crippen molar-refractivity contribution in [2.24, 2.45) is 11.8 Å². The lowest BCUT2D eigenvalue weighted by molar-refractivity contribution is -0.139. The van der Waals surface area contributed by atoms with E-state index in [0.717, 1.165) is 27.9 Å². The molecule has 5 heteroatoms. The number of amides is 2. The van der Waals surface area contributed by atoms with Crippen LogP contribution in [-0.2, 0) is 16.0 Å². The first-order valence-corrected chi connectivity index (χ1v) is 8.75. The van der Waals surface area contributed by atoms with Crippen molar-refractivity contribution in [3.05, 3.63) is 41.6 Å². The maximum atomic E-state index is 12.6. The van der Waals surface area contributed by atoms with Gasteiger partial charge in [-0.1, -0.05) is 12.2 Å². The van der Waals surface area contributed by atoms with Crippen LogP contribution in [0.15, 0.2) is 30.4 Å². The molecule has 0 unspecified atom stereocenters. The van der Waals surface area contributed by atoms with Crippen LogP contribution in [0.4, 0.5) is 0 Å². The number of aromatic nitrogens is 1. The Hall–Kier alpha value is -2.56. The van der Waals surface area contributed by atoms with Gasteiger partial charge in [-0.25, -0.2) is 0 Å². The van der Waals surface area contributed by atoms with Crippen molar-refractivity contribution >= 4 is 22.7 Å². The fourth-order valence-electron chi connectivity index (χ4n) is 4.12. The second-order valence-electron chi connectivity index (χ2n) is 6.87. The summed E-state index contributed by atoms with van der Waals surface area (Å²) >= 11 is 0. The molecule has 0 radical (unpaired) electrons. The molecule has 0 saturated carbocycles. The van der Waals surface area contributed by atoms with Crippen molar-refractivity contribution in [3.63, 3.8) is 0 Å². The number of nitrogens with zero attached hydrogens (tertiary/aromatic N) is 1. The first-order chi connectivity index (χ1) is 12.1. The van der Waals surface area contributed by atoms with Gasteiger partial charge in [0.2, 0.25) is 11.8 Å². The molecule has 1 aromatic carbocycles. The molecule has 1 aromatic heterocycles. The molecule has 1 fully saturated rings. The maximum Gasteiger partial charge on any atom is 0.233 e. The summed E-state index contributed by atoms with van der Waals surface area (Å²) in [7, 11) is 1.65. The van der Waals surface area contributed by atoms with E-state index in [1.54, 1.807) is 7.11 Å². The average molecular weight is 338 g/mol. The van der Waals surface area contributed by atoms with Gasteiger partial charge in [0, 0.05) is 23.1 Å². The van der Waals surface area contributed by atoms with Crippen LogP contribution in [0.2, 0.25) is 0 Å². The predicted molar refractivity (Wildman–Crippen MR) is 95.4 cm³/mol. The van der Waals surface area contributed by atoms with Gasteiger partial charge in [-0.15, -0.1) is 0 Å². The average Bonchev–Trinajstić information content (AvgIpc) is 3.07. The molecule has 1 saturated heterocycles. The fourth-order valence-corrected chi connectivity index (χ4v) is 4.12. The number of nitrogens with one attached hydrogen (secondary N) is 1. The third-order valence-corrected chi connectivity index (χ3v) is 5.51. The van der Waals surface area contributed by atoms with Crippen molar-refractivity contribution < 1.29 is 14.3 Å². The molecule has 1 N–H and O–H groups in total. The molecule has 2 aliphatic rings. The summed E-state index contributed by atoms with van der Waals surface area (Å²) in [6.45, 7) is 2.47. The third kappa shape index (κ3) is 2.54.